The largest absolute Gasteiger partial charge is 0.493 e. The van der Waals surface area contributed by atoms with Gasteiger partial charge < -0.3 is 9.15 Å². The number of hydrogen-bond acceptors (Lipinski definition) is 3. The average molecular weight is 282 g/mol. The first-order chi connectivity index (χ1) is 10.2. The zero-order valence-electron chi connectivity index (χ0n) is 12.0. The van der Waals surface area contributed by atoms with Crippen LogP contribution in [0.15, 0.2) is 69.9 Å². The number of benzene rings is 1. The molecular weight excluding hydrogens is 264 g/mol. The molecule has 1 heterocycles. The minimum atomic E-state index is -0.383. The maximum atomic E-state index is 11.2. The Kier molecular flexibility index (Phi) is 5.59. The lowest BCUT2D eigenvalue weighted by Crippen LogP contribution is -2.02. The molecule has 3 heteroatoms. The van der Waals surface area contributed by atoms with E-state index in [0.29, 0.717) is 18.1 Å². The molecule has 0 radical (unpaired) electrons. The summed E-state index contributed by atoms with van der Waals surface area (Å²) in [7, 11) is 0. The summed E-state index contributed by atoms with van der Waals surface area (Å²) in [6.07, 6.45) is 8.83. The number of rotatable bonds is 6. The molecule has 0 aliphatic rings. The summed E-state index contributed by atoms with van der Waals surface area (Å²) < 4.78 is 10.4. The van der Waals surface area contributed by atoms with Crippen molar-refractivity contribution in [1.82, 2.24) is 0 Å². The second-order valence-electron chi connectivity index (χ2n) is 4.56. The van der Waals surface area contributed by atoms with E-state index in [4.69, 9.17) is 9.15 Å². The zero-order chi connectivity index (χ0) is 14.9. The molecule has 0 amide bonds. The van der Waals surface area contributed by atoms with E-state index < -0.39 is 0 Å². The lowest BCUT2D eigenvalue weighted by molar-refractivity contribution is 0.318. The van der Waals surface area contributed by atoms with Crippen LogP contribution in [0.5, 0.6) is 5.75 Å². The fourth-order valence-corrected chi connectivity index (χ4v) is 1.81. The third kappa shape index (κ3) is 5.53. The van der Waals surface area contributed by atoms with Gasteiger partial charge >= 0.3 is 5.63 Å². The summed E-state index contributed by atoms with van der Waals surface area (Å²) in [5.41, 5.74) is 0.788. The minimum absolute atomic E-state index is 0.383. The van der Waals surface area contributed by atoms with Crippen molar-refractivity contribution < 1.29 is 9.15 Å². The van der Waals surface area contributed by atoms with Crippen molar-refractivity contribution >= 4 is 6.08 Å². The number of hydrogen-bond donors (Lipinski definition) is 0. The number of aryl methyl sites for hydroxylation is 1. The molecule has 0 bridgehead atoms. The van der Waals surface area contributed by atoms with Gasteiger partial charge in [0, 0.05) is 6.07 Å². The van der Waals surface area contributed by atoms with E-state index in [9.17, 15) is 4.79 Å². The SMILES string of the molecule is Cc1cc(OCC/C=C/C=C/c2ccccc2)cc(=O)o1. The van der Waals surface area contributed by atoms with Gasteiger partial charge in [0.1, 0.15) is 11.5 Å². The van der Waals surface area contributed by atoms with Gasteiger partial charge in [-0.05, 0) is 18.9 Å². The van der Waals surface area contributed by atoms with Crippen LogP contribution >= 0.6 is 0 Å². The third-order valence-corrected chi connectivity index (χ3v) is 2.76. The molecule has 0 unspecified atom stereocenters. The van der Waals surface area contributed by atoms with Crippen LogP contribution < -0.4 is 10.4 Å². The highest BCUT2D eigenvalue weighted by atomic mass is 16.5. The van der Waals surface area contributed by atoms with Gasteiger partial charge in [0.05, 0.1) is 12.7 Å². The standard InChI is InChI=1S/C18H18O3/c1-15-13-17(14-18(19)21-15)20-12-8-3-2-5-9-16-10-6-4-7-11-16/h2-7,9-11,13-14H,8,12H2,1H3/b3-2+,9-5+. The summed E-state index contributed by atoms with van der Waals surface area (Å²) in [5, 5.41) is 0. The second-order valence-corrected chi connectivity index (χ2v) is 4.56. The first kappa shape index (κ1) is 14.9. The average Bonchev–Trinajstić information content (AvgIpc) is 2.46. The first-order valence-corrected chi connectivity index (χ1v) is 6.87. The Balaban J connectivity index is 1.73. The van der Waals surface area contributed by atoms with Crippen molar-refractivity contribution in [3.63, 3.8) is 0 Å². The van der Waals surface area contributed by atoms with E-state index in [-0.39, 0.29) is 5.63 Å². The molecule has 0 saturated heterocycles. The first-order valence-electron chi connectivity index (χ1n) is 6.87. The van der Waals surface area contributed by atoms with Crippen molar-refractivity contribution in [1.29, 1.82) is 0 Å². The molecule has 1 aromatic heterocycles. The number of allylic oxidation sites excluding steroid dienone is 2. The Morgan fingerprint density at radius 3 is 2.71 bits per heavy atom. The van der Waals surface area contributed by atoms with Crippen LogP contribution in [0, 0.1) is 6.92 Å². The third-order valence-electron chi connectivity index (χ3n) is 2.76. The molecule has 0 aliphatic heterocycles. The van der Waals surface area contributed by atoms with E-state index in [1.807, 2.05) is 42.5 Å². The van der Waals surface area contributed by atoms with Crippen molar-refractivity contribution in [3.8, 4) is 5.75 Å². The van der Waals surface area contributed by atoms with Crippen LogP contribution in [0.3, 0.4) is 0 Å². The van der Waals surface area contributed by atoms with Crippen LogP contribution in [0.1, 0.15) is 17.7 Å². The van der Waals surface area contributed by atoms with Gasteiger partial charge in [-0.3, -0.25) is 0 Å². The maximum absolute atomic E-state index is 11.2. The topological polar surface area (TPSA) is 39.4 Å². The lowest BCUT2D eigenvalue weighted by atomic mass is 10.2. The van der Waals surface area contributed by atoms with Crippen LogP contribution in [-0.4, -0.2) is 6.61 Å². The molecule has 1 aromatic carbocycles. The van der Waals surface area contributed by atoms with E-state index in [0.717, 1.165) is 6.42 Å². The molecule has 2 aromatic rings. The highest BCUT2D eigenvalue weighted by Gasteiger charge is 1.97. The monoisotopic (exact) mass is 282 g/mol. The van der Waals surface area contributed by atoms with Crippen LogP contribution in [0.4, 0.5) is 0 Å². The molecule has 0 aliphatic carbocycles. The fraction of sp³-hybridized carbons (Fsp3) is 0.167. The predicted molar refractivity (Wildman–Crippen MR) is 84.4 cm³/mol. The summed E-state index contributed by atoms with van der Waals surface area (Å²) in [5.74, 6) is 1.11. The maximum Gasteiger partial charge on any atom is 0.339 e. The normalized spacial score (nSPS) is 11.3. The highest BCUT2D eigenvalue weighted by Crippen LogP contribution is 2.09. The Labute approximate surface area is 124 Å². The predicted octanol–water partition coefficient (Wildman–Crippen LogP) is 3.99. The molecule has 0 fully saturated rings. The van der Waals surface area contributed by atoms with Crippen molar-refractivity contribution in [2.24, 2.45) is 0 Å². The summed E-state index contributed by atoms with van der Waals surface area (Å²) >= 11 is 0. The quantitative estimate of drug-likeness (QED) is 0.594. The molecule has 108 valence electrons. The van der Waals surface area contributed by atoms with Crippen LogP contribution in [0.2, 0.25) is 0 Å². The summed E-state index contributed by atoms with van der Waals surface area (Å²) in [6, 6.07) is 13.2. The van der Waals surface area contributed by atoms with Gasteiger partial charge in [0.2, 0.25) is 0 Å². The number of ether oxygens (including phenoxy) is 1. The van der Waals surface area contributed by atoms with E-state index in [1.54, 1.807) is 13.0 Å². The minimum Gasteiger partial charge on any atom is -0.493 e. The summed E-state index contributed by atoms with van der Waals surface area (Å²) in [4.78, 5) is 11.2. The smallest absolute Gasteiger partial charge is 0.339 e. The fourth-order valence-electron chi connectivity index (χ4n) is 1.81. The Morgan fingerprint density at radius 2 is 1.95 bits per heavy atom. The lowest BCUT2D eigenvalue weighted by Gasteiger charge is -2.03. The molecule has 21 heavy (non-hydrogen) atoms. The zero-order valence-corrected chi connectivity index (χ0v) is 12.0. The molecule has 2 rings (SSSR count). The van der Waals surface area contributed by atoms with Crippen molar-refractivity contribution in [2.75, 3.05) is 6.61 Å². The highest BCUT2D eigenvalue weighted by molar-refractivity contribution is 5.50. The van der Waals surface area contributed by atoms with Crippen LogP contribution in [-0.2, 0) is 0 Å². The van der Waals surface area contributed by atoms with Gasteiger partial charge in [-0.1, -0.05) is 54.6 Å². The van der Waals surface area contributed by atoms with Gasteiger partial charge in [-0.2, -0.15) is 0 Å². The Morgan fingerprint density at radius 1 is 1.14 bits per heavy atom. The van der Waals surface area contributed by atoms with Gasteiger partial charge in [0.15, 0.2) is 0 Å². The van der Waals surface area contributed by atoms with E-state index in [2.05, 4.69) is 12.1 Å². The molecule has 3 nitrogen and oxygen atoms in total. The Hall–Kier alpha value is -2.55. The molecule has 0 N–H and O–H groups in total. The van der Waals surface area contributed by atoms with Gasteiger partial charge in [-0.25, -0.2) is 4.79 Å². The van der Waals surface area contributed by atoms with Gasteiger partial charge in [-0.15, -0.1) is 0 Å². The summed E-state index contributed by atoms with van der Waals surface area (Å²) in [6.45, 7) is 2.25. The molecule has 0 saturated carbocycles. The van der Waals surface area contributed by atoms with Crippen LogP contribution in [0.25, 0.3) is 6.08 Å². The van der Waals surface area contributed by atoms with Crippen molar-refractivity contribution in [2.45, 2.75) is 13.3 Å². The van der Waals surface area contributed by atoms with Crippen molar-refractivity contribution in [3.05, 3.63) is 82.4 Å². The molecule has 0 atom stereocenters. The van der Waals surface area contributed by atoms with Gasteiger partial charge in [0.25, 0.3) is 0 Å². The Bertz CT molecular complexity index is 666. The van der Waals surface area contributed by atoms with E-state index in [1.165, 1.54) is 11.6 Å². The van der Waals surface area contributed by atoms with E-state index >= 15 is 0 Å². The molecular formula is C18H18O3. The second kappa shape index (κ2) is 7.90. The molecule has 0 spiro atoms.